The second-order valence-corrected chi connectivity index (χ2v) is 10.4. The van der Waals surface area contributed by atoms with Gasteiger partial charge in [-0.1, -0.05) is 72.4 Å². The number of benzene rings is 2. The molecule has 0 radical (unpaired) electrons. The van der Waals surface area contributed by atoms with Crippen LogP contribution < -0.4 is 0 Å². The Labute approximate surface area is 180 Å². The Morgan fingerprint density at radius 2 is 1.73 bits per heavy atom. The summed E-state index contributed by atoms with van der Waals surface area (Å²) in [7, 11) is -1.37. The highest BCUT2D eigenvalue weighted by Crippen LogP contribution is 2.35. The van der Waals surface area contributed by atoms with Gasteiger partial charge in [0.15, 0.2) is 15.6 Å². The molecule has 0 spiro atoms. The van der Waals surface area contributed by atoms with E-state index >= 15 is 0 Å². The lowest BCUT2D eigenvalue weighted by molar-refractivity contribution is -0.128. The van der Waals surface area contributed by atoms with Crippen molar-refractivity contribution < 1.29 is 17.6 Å². The van der Waals surface area contributed by atoms with Crippen molar-refractivity contribution in [3.05, 3.63) is 60.7 Å². The molecule has 3 aromatic rings. The predicted octanol–water partition coefficient (Wildman–Crippen LogP) is 3.75. The van der Waals surface area contributed by atoms with E-state index in [-0.39, 0.29) is 29.2 Å². The molecule has 1 fully saturated rings. The Bertz CT molecular complexity index is 1070. The van der Waals surface area contributed by atoms with E-state index in [2.05, 4.69) is 4.98 Å². The fourth-order valence-corrected chi connectivity index (χ4v) is 5.97. The topological polar surface area (TPSA) is 80.5 Å². The summed E-state index contributed by atoms with van der Waals surface area (Å²) in [6, 6.07) is 19.3. The van der Waals surface area contributed by atoms with Gasteiger partial charge in [0.1, 0.15) is 5.69 Å². The van der Waals surface area contributed by atoms with Gasteiger partial charge in [0.05, 0.1) is 17.3 Å². The zero-order chi connectivity index (χ0) is 21.1. The fraction of sp³-hybridized carbons (Fsp3) is 0.273. The average molecular weight is 443 g/mol. The molecule has 1 aliphatic rings. The lowest BCUT2D eigenvalue weighted by Crippen LogP contribution is -2.38. The second-order valence-electron chi connectivity index (χ2n) is 7.24. The van der Waals surface area contributed by atoms with Crippen LogP contribution in [0.5, 0.6) is 0 Å². The quantitative estimate of drug-likeness (QED) is 0.541. The molecular formula is C22H22N2O4S2. The molecule has 2 aromatic carbocycles. The van der Waals surface area contributed by atoms with Crippen molar-refractivity contribution >= 4 is 27.5 Å². The first-order valence-electron chi connectivity index (χ1n) is 9.63. The van der Waals surface area contributed by atoms with Crippen LogP contribution in [0.2, 0.25) is 0 Å². The van der Waals surface area contributed by atoms with Crippen molar-refractivity contribution in [2.75, 3.05) is 24.3 Å². The fourth-order valence-electron chi connectivity index (χ4n) is 3.45. The molecule has 8 heteroatoms. The van der Waals surface area contributed by atoms with Gasteiger partial charge in [-0.25, -0.2) is 13.4 Å². The Morgan fingerprint density at radius 1 is 1.10 bits per heavy atom. The van der Waals surface area contributed by atoms with Gasteiger partial charge in [-0.3, -0.25) is 4.79 Å². The molecule has 156 valence electrons. The minimum atomic E-state index is -3.04. The van der Waals surface area contributed by atoms with E-state index in [9.17, 15) is 13.2 Å². The van der Waals surface area contributed by atoms with E-state index in [1.54, 1.807) is 7.05 Å². The number of oxazole rings is 1. The maximum atomic E-state index is 12.6. The van der Waals surface area contributed by atoms with Crippen molar-refractivity contribution in [3.8, 4) is 22.6 Å². The van der Waals surface area contributed by atoms with Crippen molar-refractivity contribution in [2.45, 2.75) is 17.7 Å². The van der Waals surface area contributed by atoms with E-state index in [0.717, 1.165) is 16.8 Å². The van der Waals surface area contributed by atoms with Crippen molar-refractivity contribution in [1.82, 2.24) is 9.88 Å². The van der Waals surface area contributed by atoms with E-state index in [4.69, 9.17) is 4.42 Å². The van der Waals surface area contributed by atoms with Gasteiger partial charge in [0.2, 0.25) is 5.91 Å². The molecule has 1 amide bonds. The normalized spacial score (nSPS) is 17.7. The van der Waals surface area contributed by atoms with Crippen LogP contribution in [0.15, 0.2) is 70.3 Å². The van der Waals surface area contributed by atoms with Gasteiger partial charge >= 0.3 is 0 Å². The molecule has 0 N–H and O–H groups in total. The number of rotatable bonds is 6. The molecule has 0 saturated carbocycles. The summed E-state index contributed by atoms with van der Waals surface area (Å²) >= 11 is 1.22. The summed E-state index contributed by atoms with van der Waals surface area (Å²) in [5.41, 5.74) is 2.58. The number of carbonyl (C=O) groups excluding carboxylic acids is 1. The highest BCUT2D eigenvalue weighted by molar-refractivity contribution is 7.99. The van der Waals surface area contributed by atoms with Crippen LogP contribution in [0.3, 0.4) is 0 Å². The summed E-state index contributed by atoms with van der Waals surface area (Å²) in [5, 5.41) is 0.411. The summed E-state index contributed by atoms with van der Waals surface area (Å²) in [5.74, 6) is 0.837. The van der Waals surface area contributed by atoms with Gasteiger partial charge in [-0.05, 0) is 6.42 Å². The third-order valence-corrected chi connectivity index (χ3v) is 7.72. The molecule has 1 aromatic heterocycles. The van der Waals surface area contributed by atoms with Crippen LogP contribution in [0.25, 0.3) is 22.6 Å². The minimum Gasteiger partial charge on any atom is -0.431 e. The number of hydrogen-bond acceptors (Lipinski definition) is 6. The van der Waals surface area contributed by atoms with E-state index in [1.807, 2.05) is 60.7 Å². The SMILES string of the molecule is CN(C(=O)CSc1nc(-c2ccccc2)c(-c2ccccc2)o1)[C@@H]1CCS(=O)(=O)C1. The van der Waals surface area contributed by atoms with E-state index in [1.165, 1.54) is 16.7 Å². The van der Waals surface area contributed by atoms with Crippen molar-refractivity contribution in [2.24, 2.45) is 0 Å². The number of thioether (sulfide) groups is 1. The van der Waals surface area contributed by atoms with Crippen molar-refractivity contribution in [3.63, 3.8) is 0 Å². The summed E-state index contributed by atoms with van der Waals surface area (Å²) in [6.45, 7) is 0. The standard InChI is InChI=1S/C22H22N2O4S2/c1-24(18-12-13-30(26,27)15-18)19(25)14-29-22-23-20(16-8-4-2-5-9-16)21(28-22)17-10-6-3-7-11-17/h2-11,18H,12-15H2,1H3/t18-/m1/s1. The lowest BCUT2D eigenvalue weighted by Gasteiger charge is -2.22. The lowest BCUT2D eigenvalue weighted by atomic mass is 10.1. The number of hydrogen-bond donors (Lipinski definition) is 0. The van der Waals surface area contributed by atoms with Crippen LogP contribution in [-0.2, 0) is 14.6 Å². The van der Waals surface area contributed by atoms with Crippen molar-refractivity contribution in [1.29, 1.82) is 0 Å². The highest BCUT2D eigenvalue weighted by Gasteiger charge is 2.32. The van der Waals surface area contributed by atoms with Gasteiger partial charge in [0, 0.05) is 24.2 Å². The molecule has 1 saturated heterocycles. The highest BCUT2D eigenvalue weighted by atomic mass is 32.2. The maximum absolute atomic E-state index is 12.6. The monoisotopic (exact) mass is 442 g/mol. The third kappa shape index (κ3) is 4.60. The number of nitrogens with zero attached hydrogens (tertiary/aromatic N) is 2. The molecule has 0 bridgehead atoms. The molecule has 30 heavy (non-hydrogen) atoms. The van der Waals surface area contributed by atoms with Gasteiger partial charge in [-0.15, -0.1) is 0 Å². The molecule has 0 unspecified atom stereocenters. The third-order valence-electron chi connectivity index (χ3n) is 5.16. The molecule has 0 aliphatic carbocycles. The Kier molecular flexibility index (Phi) is 5.97. The first-order valence-corrected chi connectivity index (χ1v) is 12.4. The van der Waals surface area contributed by atoms with E-state index in [0.29, 0.717) is 17.4 Å². The predicted molar refractivity (Wildman–Crippen MR) is 118 cm³/mol. The summed E-state index contributed by atoms with van der Waals surface area (Å²) in [6.07, 6.45) is 0.491. The minimum absolute atomic E-state index is 0.0369. The number of aromatic nitrogens is 1. The second kappa shape index (κ2) is 8.65. The largest absolute Gasteiger partial charge is 0.431 e. The molecule has 2 heterocycles. The zero-order valence-electron chi connectivity index (χ0n) is 16.5. The Hall–Kier alpha value is -2.58. The van der Waals surface area contributed by atoms with Gasteiger partial charge < -0.3 is 9.32 Å². The summed E-state index contributed by atoms with van der Waals surface area (Å²) in [4.78, 5) is 18.8. The summed E-state index contributed by atoms with van der Waals surface area (Å²) < 4.78 is 29.4. The van der Waals surface area contributed by atoms with Crippen LogP contribution in [0.1, 0.15) is 6.42 Å². The molecule has 4 rings (SSSR count). The van der Waals surface area contributed by atoms with Crippen LogP contribution in [0, 0.1) is 0 Å². The number of sulfone groups is 1. The molecule has 1 atom stereocenters. The molecule has 6 nitrogen and oxygen atoms in total. The number of carbonyl (C=O) groups is 1. The molecule has 1 aliphatic heterocycles. The maximum Gasteiger partial charge on any atom is 0.257 e. The average Bonchev–Trinajstić information content (AvgIpc) is 3.36. The molecular weight excluding hydrogens is 420 g/mol. The zero-order valence-corrected chi connectivity index (χ0v) is 18.2. The Morgan fingerprint density at radius 3 is 2.33 bits per heavy atom. The van der Waals surface area contributed by atoms with Crippen LogP contribution in [-0.4, -0.2) is 54.6 Å². The van der Waals surface area contributed by atoms with Crippen LogP contribution in [0.4, 0.5) is 0 Å². The van der Waals surface area contributed by atoms with Gasteiger partial charge in [-0.2, -0.15) is 0 Å². The Balaban J connectivity index is 1.52. The number of amides is 1. The smallest absolute Gasteiger partial charge is 0.257 e. The van der Waals surface area contributed by atoms with E-state index < -0.39 is 9.84 Å². The van der Waals surface area contributed by atoms with Gasteiger partial charge in [0.25, 0.3) is 5.22 Å². The van der Waals surface area contributed by atoms with Crippen LogP contribution >= 0.6 is 11.8 Å². The first-order chi connectivity index (χ1) is 14.4. The first kappa shape index (κ1) is 20.7.